The van der Waals surface area contributed by atoms with Crippen molar-refractivity contribution in [2.75, 3.05) is 19.6 Å². The number of nitrogens with zero attached hydrogens (tertiary/aromatic N) is 2. The largest absolute Gasteiger partial charge is 0.481 e. The highest BCUT2D eigenvalue weighted by Gasteiger charge is 2.42. The minimum absolute atomic E-state index is 0.300. The Hall–Kier alpha value is -0.610. The molecule has 1 N–H and O–H groups in total. The lowest BCUT2D eigenvalue weighted by molar-refractivity contribution is -0.138. The van der Waals surface area contributed by atoms with Gasteiger partial charge in [0.1, 0.15) is 0 Å². The molecule has 0 aromatic heterocycles. The summed E-state index contributed by atoms with van der Waals surface area (Å²) in [5, 5.41) is 9.03. The Morgan fingerprint density at radius 2 is 1.89 bits per heavy atom. The van der Waals surface area contributed by atoms with Gasteiger partial charge in [0, 0.05) is 24.7 Å². The molecule has 4 heteroatoms. The van der Waals surface area contributed by atoms with E-state index in [0.29, 0.717) is 24.5 Å². The normalized spacial score (nSPS) is 37.9. The predicted octanol–water partition coefficient (Wildman–Crippen LogP) is 1.55. The number of rotatable bonds is 3. The van der Waals surface area contributed by atoms with E-state index in [-0.39, 0.29) is 0 Å². The van der Waals surface area contributed by atoms with E-state index in [4.69, 9.17) is 5.11 Å². The summed E-state index contributed by atoms with van der Waals surface area (Å²) >= 11 is 0. The third-order valence-electron chi connectivity index (χ3n) is 5.08. The van der Waals surface area contributed by atoms with Crippen LogP contribution in [0.25, 0.3) is 0 Å². The van der Waals surface area contributed by atoms with E-state index < -0.39 is 5.97 Å². The lowest BCUT2D eigenvalue weighted by atomic mass is 9.97. The van der Waals surface area contributed by atoms with Gasteiger partial charge in [0.15, 0.2) is 0 Å². The predicted molar refractivity (Wildman–Crippen MR) is 69.6 cm³/mol. The van der Waals surface area contributed by atoms with E-state index in [2.05, 4.69) is 9.80 Å². The third kappa shape index (κ3) is 2.28. The Kier molecular flexibility index (Phi) is 3.57. The number of hydrogen-bond donors (Lipinski definition) is 1. The molecule has 3 unspecified atom stereocenters. The summed E-state index contributed by atoms with van der Waals surface area (Å²) in [6, 6.07) is 1.65. The number of carboxylic acids is 1. The first kappa shape index (κ1) is 12.4. The minimum Gasteiger partial charge on any atom is -0.481 e. The van der Waals surface area contributed by atoms with Crippen molar-refractivity contribution in [1.29, 1.82) is 0 Å². The molecule has 102 valence electrons. The molecule has 18 heavy (non-hydrogen) atoms. The zero-order valence-electron chi connectivity index (χ0n) is 11.1. The molecule has 3 fully saturated rings. The first-order valence-corrected chi connectivity index (χ1v) is 7.47. The van der Waals surface area contributed by atoms with Gasteiger partial charge in [-0.15, -0.1) is 0 Å². The van der Waals surface area contributed by atoms with E-state index in [1.165, 1.54) is 45.2 Å². The van der Waals surface area contributed by atoms with Crippen LogP contribution in [0.2, 0.25) is 0 Å². The molecule has 3 saturated heterocycles. The molecule has 0 spiro atoms. The van der Waals surface area contributed by atoms with Crippen molar-refractivity contribution in [3.05, 3.63) is 0 Å². The van der Waals surface area contributed by atoms with Crippen molar-refractivity contribution in [1.82, 2.24) is 9.80 Å². The molecule has 3 aliphatic heterocycles. The zero-order valence-corrected chi connectivity index (χ0v) is 11.1. The van der Waals surface area contributed by atoms with Gasteiger partial charge in [-0.1, -0.05) is 6.42 Å². The van der Waals surface area contributed by atoms with Crippen LogP contribution in [0.1, 0.15) is 44.9 Å². The molecule has 0 bridgehead atoms. The van der Waals surface area contributed by atoms with E-state index in [1.807, 2.05) is 0 Å². The second-order valence-corrected chi connectivity index (χ2v) is 6.09. The van der Waals surface area contributed by atoms with Gasteiger partial charge in [-0.25, -0.2) is 0 Å². The number of piperidine rings is 1. The number of carbonyl (C=O) groups is 1. The molecule has 3 atom stereocenters. The molecule has 3 rings (SSSR count). The smallest absolute Gasteiger partial charge is 0.304 e. The molecule has 0 aromatic carbocycles. The van der Waals surface area contributed by atoms with Gasteiger partial charge in [0.25, 0.3) is 0 Å². The van der Waals surface area contributed by atoms with Crippen molar-refractivity contribution >= 4 is 5.97 Å². The number of aliphatic carboxylic acids is 1. The Morgan fingerprint density at radius 1 is 1.00 bits per heavy atom. The summed E-state index contributed by atoms with van der Waals surface area (Å²) in [6.07, 6.45) is 7.87. The van der Waals surface area contributed by atoms with Crippen molar-refractivity contribution in [2.24, 2.45) is 0 Å². The highest BCUT2D eigenvalue weighted by molar-refractivity contribution is 5.67. The first-order valence-electron chi connectivity index (χ1n) is 7.47. The summed E-state index contributed by atoms with van der Waals surface area (Å²) in [6.45, 7) is 3.61. The molecule has 0 aromatic rings. The molecule has 0 saturated carbocycles. The fourth-order valence-electron chi connectivity index (χ4n) is 4.32. The summed E-state index contributed by atoms with van der Waals surface area (Å²) in [5.41, 5.74) is 0. The summed E-state index contributed by atoms with van der Waals surface area (Å²) in [4.78, 5) is 16.1. The Labute approximate surface area is 109 Å². The second kappa shape index (κ2) is 5.17. The quantitative estimate of drug-likeness (QED) is 0.827. The SMILES string of the molecule is O=C(O)CC1CCCN1C1CCN2CCCCC12. The number of likely N-dealkylation sites (tertiary alicyclic amines) is 1. The van der Waals surface area contributed by atoms with Gasteiger partial charge in [0.05, 0.1) is 6.42 Å². The lowest BCUT2D eigenvalue weighted by Gasteiger charge is -2.38. The van der Waals surface area contributed by atoms with Crippen LogP contribution in [0, 0.1) is 0 Å². The topological polar surface area (TPSA) is 43.8 Å². The summed E-state index contributed by atoms with van der Waals surface area (Å²) < 4.78 is 0. The maximum absolute atomic E-state index is 11.0. The van der Waals surface area contributed by atoms with Crippen LogP contribution in [0.3, 0.4) is 0 Å². The third-order valence-corrected chi connectivity index (χ3v) is 5.08. The van der Waals surface area contributed by atoms with Gasteiger partial charge >= 0.3 is 5.97 Å². The first-order chi connectivity index (χ1) is 8.75. The summed E-state index contributed by atoms with van der Waals surface area (Å²) in [7, 11) is 0. The molecule has 3 aliphatic rings. The van der Waals surface area contributed by atoms with Crippen LogP contribution in [0.5, 0.6) is 0 Å². The Balaban J connectivity index is 1.68. The number of carboxylic acid groups (broad SMARTS) is 1. The Morgan fingerprint density at radius 3 is 2.72 bits per heavy atom. The fraction of sp³-hybridized carbons (Fsp3) is 0.929. The summed E-state index contributed by atoms with van der Waals surface area (Å²) in [5.74, 6) is -0.634. The van der Waals surface area contributed by atoms with Crippen LogP contribution in [0.4, 0.5) is 0 Å². The monoisotopic (exact) mass is 252 g/mol. The molecule has 0 radical (unpaired) electrons. The van der Waals surface area contributed by atoms with Gasteiger partial charge in [-0.05, 0) is 45.2 Å². The lowest BCUT2D eigenvalue weighted by Crippen LogP contribution is -2.49. The molecule has 3 heterocycles. The Bertz CT molecular complexity index is 321. The van der Waals surface area contributed by atoms with Crippen molar-refractivity contribution < 1.29 is 9.90 Å². The van der Waals surface area contributed by atoms with Crippen LogP contribution in [-0.2, 0) is 4.79 Å². The molecular weight excluding hydrogens is 228 g/mol. The van der Waals surface area contributed by atoms with Crippen LogP contribution in [-0.4, -0.2) is 58.6 Å². The second-order valence-electron chi connectivity index (χ2n) is 6.09. The van der Waals surface area contributed by atoms with Crippen molar-refractivity contribution in [3.8, 4) is 0 Å². The molecule has 0 aliphatic carbocycles. The molecule has 4 nitrogen and oxygen atoms in total. The molecular formula is C14H24N2O2. The average molecular weight is 252 g/mol. The average Bonchev–Trinajstić information content (AvgIpc) is 2.94. The highest BCUT2D eigenvalue weighted by atomic mass is 16.4. The van der Waals surface area contributed by atoms with Crippen LogP contribution < -0.4 is 0 Å². The van der Waals surface area contributed by atoms with E-state index in [0.717, 1.165) is 13.0 Å². The minimum atomic E-state index is -0.634. The van der Waals surface area contributed by atoms with E-state index in [9.17, 15) is 4.79 Å². The van der Waals surface area contributed by atoms with Gasteiger partial charge in [-0.2, -0.15) is 0 Å². The van der Waals surface area contributed by atoms with Crippen molar-refractivity contribution in [3.63, 3.8) is 0 Å². The van der Waals surface area contributed by atoms with Gasteiger partial charge in [-0.3, -0.25) is 14.6 Å². The van der Waals surface area contributed by atoms with Crippen molar-refractivity contribution in [2.45, 2.75) is 63.1 Å². The van der Waals surface area contributed by atoms with Crippen LogP contribution >= 0.6 is 0 Å². The van der Waals surface area contributed by atoms with E-state index in [1.54, 1.807) is 0 Å². The zero-order chi connectivity index (χ0) is 12.5. The van der Waals surface area contributed by atoms with Gasteiger partial charge < -0.3 is 5.11 Å². The van der Waals surface area contributed by atoms with Gasteiger partial charge in [0.2, 0.25) is 0 Å². The van der Waals surface area contributed by atoms with Crippen LogP contribution in [0.15, 0.2) is 0 Å². The number of fused-ring (bicyclic) bond motifs is 1. The standard InChI is InChI=1S/C14H24N2O2/c17-14(18)10-11-4-3-8-16(11)13-6-9-15-7-2-1-5-12(13)15/h11-13H,1-10H2,(H,17,18). The maximum atomic E-state index is 11.0. The van der Waals surface area contributed by atoms with E-state index >= 15 is 0 Å². The maximum Gasteiger partial charge on any atom is 0.304 e. The molecule has 0 amide bonds. The fourth-order valence-corrected chi connectivity index (χ4v) is 4.32. The number of hydrogen-bond acceptors (Lipinski definition) is 3. The highest BCUT2D eigenvalue weighted by Crippen LogP contribution is 2.34.